The normalized spacial score (nSPS) is 12.1. The zero-order chi connectivity index (χ0) is 10.6. The highest BCUT2D eigenvalue weighted by Gasteiger charge is 2.08. The number of nitrogens with two attached hydrogens (primary N) is 1. The van der Waals surface area contributed by atoms with Crippen LogP contribution in [-0.2, 0) is 0 Å². The monoisotopic (exact) mass is 192 g/mol. The molecule has 0 saturated carbocycles. The molecule has 3 N–H and O–H groups in total. The smallest absolute Gasteiger partial charge is 0.354 e. The van der Waals surface area contributed by atoms with Crippen LogP contribution in [0.25, 0.3) is 0 Å². The van der Waals surface area contributed by atoms with Gasteiger partial charge in [0.15, 0.2) is 0 Å². The minimum absolute atomic E-state index is 0.0158. The topological polar surface area (TPSA) is 76.2 Å². The van der Waals surface area contributed by atoms with Crippen LogP contribution in [-0.4, -0.2) is 16.1 Å². The van der Waals surface area contributed by atoms with E-state index in [1.165, 1.54) is 12.3 Å². The zero-order valence-electron chi connectivity index (χ0n) is 7.68. The molecule has 0 spiro atoms. The Balaban J connectivity index is 2.93. The Morgan fingerprint density at radius 2 is 2.50 bits per heavy atom. The van der Waals surface area contributed by atoms with Crippen LogP contribution in [0.5, 0.6) is 0 Å². The average Bonchev–Trinajstić information content (AvgIpc) is 2.18. The van der Waals surface area contributed by atoms with Gasteiger partial charge in [0.05, 0.1) is 0 Å². The van der Waals surface area contributed by atoms with Crippen LogP contribution in [0.1, 0.15) is 28.5 Å². The molecule has 0 fully saturated rings. The summed E-state index contributed by atoms with van der Waals surface area (Å²) >= 11 is 0. The second kappa shape index (κ2) is 4.53. The molecule has 0 saturated heterocycles. The SMILES string of the molecule is C=CC[C@@H](N)c1ccnc(C(=O)O)c1. The first-order valence-electron chi connectivity index (χ1n) is 4.21. The fourth-order valence-corrected chi connectivity index (χ4v) is 1.11. The lowest BCUT2D eigenvalue weighted by molar-refractivity contribution is 0.0690. The highest BCUT2D eigenvalue weighted by molar-refractivity contribution is 5.85. The summed E-state index contributed by atoms with van der Waals surface area (Å²) in [5, 5.41) is 8.70. The van der Waals surface area contributed by atoms with Gasteiger partial charge in [0, 0.05) is 12.2 Å². The van der Waals surface area contributed by atoms with Crippen molar-refractivity contribution in [2.24, 2.45) is 5.73 Å². The van der Waals surface area contributed by atoms with Crippen molar-refractivity contribution in [2.75, 3.05) is 0 Å². The van der Waals surface area contributed by atoms with Gasteiger partial charge in [-0.05, 0) is 24.1 Å². The minimum atomic E-state index is -1.04. The molecule has 4 heteroatoms. The molecular weight excluding hydrogens is 180 g/mol. The molecule has 74 valence electrons. The number of rotatable bonds is 4. The Kier molecular flexibility index (Phi) is 3.36. The van der Waals surface area contributed by atoms with E-state index in [9.17, 15) is 4.79 Å². The van der Waals surface area contributed by atoms with Crippen LogP contribution >= 0.6 is 0 Å². The van der Waals surface area contributed by atoms with E-state index in [4.69, 9.17) is 10.8 Å². The summed E-state index contributed by atoms with van der Waals surface area (Å²) < 4.78 is 0. The van der Waals surface area contributed by atoms with Gasteiger partial charge in [-0.1, -0.05) is 6.08 Å². The van der Waals surface area contributed by atoms with Crippen LogP contribution < -0.4 is 5.73 Å². The number of hydrogen-bond donors (Lipinski definition) is 2. The number of nitrogens with zero attached hydrogens (tertiary/aromatic N) is 1. The van der Waals surface area contributed by atoms with Crippen molar-refractivity contribution in [3.8, 4) is 0 Å². The lowest BCUT2D eigenvalue weighted by Gasteiger charge is -2.08. The van der Waals surface area contributed by atoms with Crippen molar-refractivity contribution in [1.82, 2.24) is 4.98 Å². The van der Waals surface area contributed by atoms with Gasteiger partial charge < -0.3 is 10.8 Å². The van der Waals surface area contributed by atoms with Crippen molar-refractivity contribution >= 4 is 5.97 Å². The van der Waals surface area contributed by atoms with Crippen molar-refractivity contribution in [1.29, 1.82) is 0 Å². The third-order valence-corrected chi connectivity index (χ3v) is 1.85. The molecule has 1 aromatic rings. The first-order valence-corrected chi connectivity index (χ1v) is 4.21. The Morgan fingerprint density at radius 3 is 3.07 bits per heavy atom. The number of aromatic carboxylic acids is 1. The Bertz CT molecular complexity index is 350. The van der Waals surface area contributed by atoms with Crippen molar-refractivity contribution in [2.45, 2.75) is 12.5 Å². The van der Waals surface area contributed by atoms with Crippen LogP contribution in [0.15, 0.2) is 31.0 Å². The highest BCUT2D eigenvalue weighted by Crippen LogP contribution is 2.14. The summed E-state index contributed by atoms with van der Waals surface area (Å²) in [5.74, 6) is -1.04. The quantitative estimate of drug-likeness (QED) is 0.706. The van der Waals surface area contributed by atoms with Crippen LogP contribution in [0.2, 0.25) is 0 Å². The molecule has 0 aromatic carbocycles. The molecule has 0 radical (unpaired) electrons. The van der Waals surface area contributed by atoms with E-state index < -0.39 is 5.97 Å². The van der Waals surface area contributed by atoms with Gasteiger partial charge in [0.25, 0.3) is 0 Å². The van der Waals surface area contributed by atoms with Gasteiger partial charge in [-0.15, -0.1) is 6.58 Å². The molecule has 0 unspecified atom stereocenters. The second-order valence-electron chi connectivity index (χ2n) is 2.91. The molecule has 0 aliphatic rings. The molecule has 0 bridgehead atoms. The lowest BCUT2D eigenvalue weighted by atomic mass is 10.1. The first-order chi connectivity index (χ1) is 6.65. The van der Waals surface area contributed by atoms with E-state index in [2.05, 4.69) is 11.6 Å². The number of hydrogen-bond acceptors (Lipinski definition) is 3. The molecule has 0 aliphatic heterocycles. The van der Waals surface area contributed by atoms with Gasteiger partial charge >= 0.3 is 5.97 Å². The summed E-state index contributed by atoms with van der Waals surface area (Å²) in [6.45, 7) is 3.57. The molecule has 1 heterocycles. The number of carbonyl (C=O) groups is 1. The van der Waals surface area contributed by atoms with E-state index in [0.717, 1.165) is 5.56 Å². The number of pyridine rings is 1. The van der Waals surface area contributed by atoms with Crippen LogP contribution in [0.3, 0.4) is 0 Å². The lowest BCUT2D eigenvalue weighted by Crippen LogP contribution is -2.11. The highest BCUT2D eigenvalue weighted by atomic mass is 16.4. The first kappa shape index (κ1) is 10.4. The zero-order valence-corrected chi connectivity index (χ0v) is 7.68. The fraction of sp³-hybridized carbons (Fsp3) is 0.200. The average molecular weight is 192 g/mol. The van der Waals surface area contributed by atoms with Gasteiger partial charge in [-0.2, -0.15) is 0 Å². The van der Waals surface area contributed by atoms with Crippen molar-refractivity contribution in [3.05, 3.63) is 42.2 Å². The molecule has 1 aromatic heterocycles. The van der Waals surface area contributed by atoms with Gasteiger partial charge in [-0.25, -0.2) is 9.78 Å². The molecule has 4 nitrogen and oxygen atoms in total. The molecule has 0 aliphatic carbocycles. The Labute approximate surface area is 82.1 Å². The third kappa shape index (κ3) is 2.40. The molecule has 14 heavy (non-hydrogen) atoms. The fourth-order valence-electron chi connectivity index (χ4n) is 1.11. The number of carboxylic acids is 1. The number of aromatic nitrogens is 1. The molecule has 1 rings (SSSR count). The van der Waals surface area contributed by atoms with E-state index >= 15 is 0 Å². The largest absolute Gasteiger partial charge is 0.477 e. The van der Waals surface area contributed by atoms with Gasteiger partial charge in [0.1, 0.15) is 5.69 Å². The van der Waals surface area contributed by atoms with E-state index in [-0.39, 0.29) is 11.7 Å². The van der Waals surface area contributed by atoms with Crippen LogP contribution in [0.4, 0.5) is 0 Å². The minimum Gasteiger partial charge on any atom is -0.477 e. The van der Waals surface area contributed by atoms with Crippen molar-refractivity contribution < 1.29 is 9.90 Å². The Morgan fingerprint density at radius 1 is 1.79 bits per heavy atom. The molecule has 0 amide bonds. The van der Waals surface area contributed by atoms with Crippen LogP contribution in [0, 0.1) is 0 Å². The summed E-state index contributed by atoms with van der Waals surface area (Å²) in [6.07, 6.45) is 3.76. The molecular formula is C10H12N2O2. The maximum atomic E-state index is 10.6. The van der Waals surface area contributed by atoms with E-state index in [0.29, 0.717) is 6.42 Å². The third-order valence-electron chi connectivity index (χ3n) is 1.85. The maximum Gasteiger partial charge on any atom is 0.354 e. The van der Waals surface area contributed by atoms with Crippen molar-refractivity contribution in [3.63, 3.8) is 0 Å². The van der Waals surface area contributed by atoms with Gasteiger partial charge in [-0.3, -0.25) is 0 Å². The Hall–Kier alpha value is -1.68. The predicted molar refractivity (Wildman–Crippen MR) is 52.9 cm³/mol. The summed E-state index contributed by atoms with van der Waals surface area (Å²) in [5.41, 5.74) is 6.56. The molecule has 1 atom stereocenters. The standard InChI is InChI=1S/C10H12N2O2/c1-2-3-8(11)7-4-5-12-9(6-7)10(13)14/h2,4-6,8H,1,3,11H2,(H,13,14)/t8-/m1/s1. The summed E-state index contributed by atoms with van der Waals surface area (Å²) in [4.78, 5) is 14.3. The summed E-state index contributed by atoms with van der Waals surface area (Å²) in [6, 6.07) is 2.98. The second-order valence-corrected chi connectivity index (χ2v) is 2.91. The maximum absolute atomic E-state index is 10.6. The summed E-state index contributed by atoms with van der Waals surface area (Å²) in [7, 11) is 0. The van der Waals surface area contributed by atoms with E-state index in [1.54, 1.807) is 12.1 Å². The van der Waals surface area contributed by atoms with E-state index in [1.807, 2.05) is 0 Å². The van der Waals surface area contributed by atoms with Gasteiger partial charge in [0.2, 0.25) is 0 Å². The predicted octanol–water partition coefficient (Wildman–Crippen LogP) is 1.36. The number of carboxylic acid groups (broad SMARTS) is 1.